The Kier molecular flexibility index (Phi) is 4.41. The second-order valence-corrected chi connectivity index (χ2v) is 7.27. The van der Waals surface area contributed by atoms with Gasteiger partial charge in [0.15, 0.2) is 0 Å². The summed E-state index contributed by atoms with van der Waals surface area (Å²) in [5, 5.41) is 0. The molecule has 0 unspecified atom stereocenters. The Morgan fingerprint density at radius 2 is 1.67 bits per heavy atom. The van der Waals surface area contributed by atoms with Crippen LogP contribution >= 0.6 is 0 Å². The van der Waals surface area contributed by atoms with E-state index in [1.807, 2.05) is 71.0 Å². The van der Waals surface area contributed by atoms with E-state index < -0.39 is 18.3 Å². The number of ether oxygens (including phenoxy) is 1. The average molecular weight is 325 g/mol. The van der Waals surface area contributed by atoms with E-state index in [0.717, 1.165) is 16.6 Å². The smallest absolute Gasteiger partial charge is 0.473 e. The van der Waals surface area contributed by atoms with Crippen molar-refractivity contribution in [3.63, 3.8) is 0 Å². The van der Waals surface area contributed by atoms with Gasteiger partial charge in [-0.2, -0.15) is 0 Å². The molecule has 0 aliphatic carbocycles. The first kappa shape index (κ1) is 17.0. The molecule has 3 rings (SSSR count). The molecule has 1 saturated heterocycles. The monoisotopic (exact) mass is 325 g/mol. The van der Waals surface area contributed by atoms with Gasteiger partial charge >= 0.3 is 7.12 Å². The van der Waals surface area contributed by atoms with Crippen molar-refractivity contribution in [3.05, 3.63) is 53.7 Å². The standard InChI is InChI=1S/C19H24BNO3/c1-14-11-16(20-23-18(2,3)19(4,5)24-20)17(21-12-14)22-13-15-9-7-6-8-10-15/h6-12H,13H2,1-5H3. The van der Waals surface area contributed by atoms with Gasteiger partial charge in [-0.25, -0.2) is 4.98 Å². The molecule has 1 aliphatic rings. The van der Waals surface area contributed by atoms with Gasteiger partial charge in [0.1, 0.15) is 6.61 Å². The fourth-order valence-electron chi connectivity index (χ4n) is 2.56. The molecule has 126 valence electrons. The van der Waals surface area contributed by atoms with E-state index in [1.165, 1.54) is 0 Å². The first-order valence-electron chi connectivity index (χ1n) is 8.27. The van der Waals surface area contributed by atoms with Crippen LogP contribution in [0.3, 0.4) is 0 Å². The van der Waals surface area contributed by atoms with E-state index in [1.54, 1.807) is 6.20 Å². The van der Waals surface area contributed by atoms with Crippen LogP contribution in [-0.2, 0) is 15.9 Å². The highest BCUT2D eigenvalue weighted by Gasteiger charge is 2.52. The second-order valence-electron chi connectivity index (χ2n) is 7.27. The minimum atomic E-state index is -0.479. The lowest BCUT2D eigenvalue weighted by Crippen LogP contribution is -2.41. The summed E-state index contributed by atoms with van der Waals surface area (Å²) in [4.78, 5) is 4.45. The molecule has 2 aromatic rings. The minimum Gasteiger partial charge on any atom is -0.473 e. The van der Waals surface area contributed by atoms with E-state index in [9.17, 15) is 0 Å². The Hall–Kier alpha value is -1.85. The third-order valence-corrected chi connectivity index (χ3v) is 4.74. The summed E-state index contributed by atoms with van der Waals surface area (Å²) in [6.45, 7) is 10.6. The molecule has 1 aliphatic heterocycles. The van der Waals surface area contributed by atoms with Gasteiger partial charge in [0.05, 0.1) is 11.2 Å². The normalized spacial score (nSPS) is 18.6. The first-order valence-corrected chi connectivity index (χ1v) is 8.27. The van der Waals surface area contributed by atoms with Crippen LogP contribution in [0, 0.1) is 6.92 Å². The van der Waals surface area contributed by atoms with Crippen LogP contribution < -0.4 is 10.2 Å². The molecule has 2 heterocycles. The molecule has 0 radical (unpaired) electrons. The lowest BCUT2D eigenvalue weighted by molar-refractivity contribution is 0.00578. The van der Waals surface area contributed by atoms with Gasteiger partial charge < -0.3 is 14.0 Å². The number of nitrogens with zero attached hydrogens (tertiary/aromatic N) is 1. The Morgan fingerprint density at radius 1 is 1.04 bits per heavy atom. The van der Waals surface area contributed by atoms with Crippen LogP contribution in [0.1, 0.15) is 38.8 Å². The quantitative estimate of drug-likeness (QED) is 0.809. The van der Waals surface area contributed by atoms with Crippen molar-refractivity contribution in [1.82, 2.24) is 4.98 Å². The van der Waals surface area contributed by atoms with Crippen LogP contribution in [0.4, 0.5) is 0 Å². The van der Waals surface area contributed by atoms with E-state index >= 15 is 0 Å². The van der Waals surface area contributed by atoms with Gasteiger partial charge in [-0.3, -0.25) is 0 Å². The Bertz CT molecular complexity index is 700. The summed E-state index contributed by atoms with van der Waals surface area (Å²) in [5.41, 5.74) is 2.20. The molecular weight excluding hydrogens is 301 g/mol. The number of hydrogen-bond acceptors (Lipinski definition) is 4. The maximum atomic E-state index is 6.16. The van der Waals surface area contributed by atoms with Gasteiger partial charge in [-0.05, 0) is 45.7 Å². The average Bonchev–Trinajstić information content (AvgIpc) is 2.75. The highest BCUT2D eigenvalue weighted by molar-refractivity contribution is 6.63. The largest absolute Gasteiger partial charge is 0.500 e. The summed E-state index contributed by atoms with van der Waals surface area (Å²) < 4.78 is 18.3. The summed E-state index contributed by atoms with van der Waals surface area (Å²) in [5.74, 6) is 0.558. The Labute approximate surface area is 144 Å². The molecule has 0 atom stereocenters. The van der Waals surface area contributed by atoms with Gasteiger partial charge in [0.25, 0.3) is 0 Å². The number of pyridine rings is 1. The van der Waals surface area contributed by atoms with E-state index in [-0.39, 0.29) is 0 Å². The molecule has 4 nitrogen and oxygen atoms in total. The molecule has 0 saturated carbocycles. The number of hydrogen-bond donors (Lipinski definition) is 0. The zero-order valence-electron chi connectivity index (χ0n) is 15.0. The van der Waals surface area contributed by atoms with Crippen molar-refractivity contribution in [1.29, 1.82) is 0 Å². The lowest BCUT2D eigenvalue weighted by atomic mass is 9.79. The molecule has 0 bridgehead atoms. The number of aromatic nitrogens is 1. The van der Waals surface area contributed by atoms with Crippen molar-refractivity contribution in [2.45, 2.75) is 52.4 Å². The number of benzene rings is 1. The molecule has 24 heavy (non-hydrogen) atoms. The Balaban J connectivity index is 1.84. The fraction of sp³-hybridized carbons (Fsp3) is 0.421. The van der Waals surface area contributed by atoms with Crippen molar-refractivity contribution < 1.29 is 14.0 Å². The van der Waals surface area contributed by atoms with Gasteiger partial charge in [0, 0.05) is 11.7 Å². The van der Waals surface area contributed by atoms with Gasteiger partial charge in [0.2, 0.25) is 5.88 Å². The summed E-state index contributed by atoms with van der Waals surface area (Å²) in [7, 11) is -0.479. The van der Waals surface area contributed by atoms with Crippen molar-refractivity contribution in [2.75, 3.05) is 0 Å². The molecule has 0 N–H and O–H groups in total. The lowest BCUT2D eigenvalue weighted by Gasteiger charge is -2.32. The zero-order valence-corrected chi connectivity index (χ0v) is 15.0. The molecular formula is C19H24BNO3. The third kappa shape index (κ3) is 3.33. The van der Waals surface area contributed by atoms with Gasteiger partial charge in [-0.15, -0.1) is 0 Å². The summed E-state index contributed by atoms with van der Waals surface area (Å²) in [6.07, 6.45) is 1.80. The van der Waals surface area contributed by atoms with Gasteiger partial charge in [-0.1, -0.05) is 36.4 Å². The van der Waals surface area contributed by atoms with E-state index in [4.69, 9.17) is 14.0 Å². The molecule has 1 fully saturated rings. The Morgan fingerprint density at radius 3 is 2.29 bits per heavy atom. The van der Waals surface area contributed by atoms with Crippen LogP contribution in [0.5, 0.6) is 5.88 Å². The van der Waals surface area contributed by atoms with Crippen LogP contribution in [0.15, 0.2) is 42.6 Å². The van der Waals surface area contributed by atoms with Crippen molar-refractivity contribution in [3.8, 4) is 5.88 Å². The highest BCUT2D eigenvalue weighted by Crippen LogP contribution is 2.37. The number of aryl methyl sites for hydroxylation is 1. The molecule has 1 aromatic carbocycles. The van der Waals surface area contributed by atoms with E-state index in [2.05, 4.69) is 4.98 Å². The minimum absolute atomic E-state index is 0.391. The summed E-state index contributed by atoms with van der Waals surface area (Å²) in [6, 6.07) is 12.1. The summed E-state index contributed by atoms with van der Waals surface area (Å²) >= 11 is 0. The van der Waals surface area contributed by atoms with Crippen molar-refractivity contribution >= 4 is 12.6 Å². The maximum absolute atomic E-state index is 6.16. The maximum Gasteiger partial charge on any atom is 0.500 e. The number of rotatable bonds is 4. The third-order valence-electron chi connectivity index (χ3n) is 4.74. The van der Waals surface area contributed by atoms with Crippen LogP contribution in [-0.4, -0.2) is 23.3 Å². The second kappa shape index (κ2) is 6.23. The topological polar surface area (TPSA) is 40.6 Å². The van der Waals surface area contributed by atoms with Crippen molar-refractivity contribution in [2.24, 2.45) is 0 Å². The SMILES string of the molecule is Cc1cnc(OCc2ccccc2)c(B2OC(C)(C)C(C)(C)O2)c1. The molecule has 0 amide bonds. The predicted molar refractivity (Wildman–Crippen MR) is 95.5 cm³/mol. The highest BCUT2D eigenvalue weighted by atomic mass is 16.7. The zero-order chi connectivity index (χ0) is 17.4. The molecule has 5 heteroatoms. The fourth-order valence-corrected chi connectivity index (χ4v) is 2.56. The van der Waals surface area contributed by atoms with Crippen LogP contribution in [0.25, 0.3) is 0 Å². The van der Waals surface area contributed by atoms with Crippen LogP contribution in [0.2, 0.25) is 0 Å². The first-order chi connectivity index (χ1) is 11.3. The van der Waals surface area contributed by atoms with E-state index in [0.29, 0.717) is 12.5 Å². The predicted octanol–water partition coefficient (Wildman–Crippen LogP) is 3.27. The molecule has 0 spiro atoms. The molecule has 1 aromatic heterocycles.